The number of aromatic nitrogens is 12. The highest BCUT2D eigenvalue weighted by Gasteiger charge is 2.26. The second-order valence-corrected chi connectivity index (χ2v) is 21.0. The van der Waals surface area contributed by atoms with Gasteiger partial charge in [0.05, 0.1) is 0 Å². The van der Waals surface area contributed by atoms with Gasteiger partial charge in [-0.05, 0) is 97.1 Å². The number of hydrogen-bond donors (Lipinski definition) is 6. The Balaban J connectivity index is 1.03. The van der Waals surface area contributed by atoms with Gasteiger partial charge in [0.25, 0.3) is 0 Å². The Bertz CT molecular complexity index is 4680. The molecule has 9 heterocycles. The Morgan fingerprint density at radius 1 is 0.330 bits per heavy atom. The lowest BCUT2D eigenvalue weighted by Crippen LogP contribution is -2.40. The predicted octanol–water partition coefficient (Wildman–Crippen LogP) is 8.76. The van der Waals surface area contributed by atoms with Crippen LogP contribution in [0.1, 0.15) is 22.8 Å². The topological polar surface area (TPSA) is 311 Å². The fourth-order valence-corrected chi connectivity index (χ4v) is 10.4. The van der Waals surface area contributed by atoms with Crippen molar-refractivity contribution in [3.05, 3.63) is 169 Å². The van der Waals surface area contributed by atoms with E-state index < -0.39 is 23.9 Å². The number of carbonyl (C=O) groups is 4. The van der Waals surface area contributed by atoms with E-state index in [1.807, 2.05) is 24.3 Å². The van der Waals surface area contributed by atoms with E-state index in [9.17, 15) is 39.6 Å². The molecule has 11 aromatic rings. The van der Waals surface area contributed by atoms with Crippen LogP contribution in [0.3, 0.4) is 0 Å². The number of fused-ring (bicyclic) bond motifs is 20. The van der Waals surface area contributed by atoms with Gasteiger partial charge in [0, 0.05) is 95.8 Å². The molecule has 0 saturated carbocycles. The lowest BCUT2D eigenvalue weighted by molar-refractivity contribution is -0.692. The number of rotatable bonds is 16. The Morgan fingerprint density at radius 3 is 0.898 bits per heavy atom. The van der Waals surface area contributed by atoms with Crippen molar-refractivity contribution in [2.24, 2.45) is 0 Å². The summed E-state index contributed by atoms with van der Waals surface area (Å²) in [6.45, 7) is 6.11. The van der Waals surface area contributed by atoms with Crippen molar-refractivity contribution < 1.29 is 76.8 Å². The number of aromatic amines is 2. The Morgan fingerprint density at radius 2 is 0.591 bits per heavy atom. The fourth-order valence-electron chi connectivity index (χ4n) is 10.4. The minimum Gasteiger partial charge on any atom is -0.477 e. The molecule has 0 saturated heterocycles. The van der Waals surface area contributed by atoms with Crippen LogP contribution < -0.4 is 37.2 Å². The number of ether oxygens (including phenoxy) is 4. The molecule has 4 aromatic carbocycles. The lowest BCUT2D eigenvalue weighted by atomic mass is 10.1. The molecule has 0 amide bonds. The molecule has 0 fully saturated rings. The van der Waals surface area contributed by atoms with Gasteiger partial charge in [-0.25, -0.2) is 49.1 Å². The minimum absolute atomic E-state index is 0.237. The monoisotopic (exact) mass is 1180 g/mol. The number of hydrogen-bond acceptors (Lipinski definition) is 14. The van der Waals surface area contributed by atoms with Gasteiger partial charge in [0.2, 0.25) is 51.0 Å². The number of nitrogens with zero attached hydrogens (tertiary/aromatic N) is 10. The maximum absolute atomic E-state index is 11.8. The van der Waals surface area contributed by atoms with Gasteiger partial charge in [-0.15, -0.1) is 0 Å². The number of carboxylic acid groups (broad SMARTS) is 4. The Kier molecular flexibility index (Phi) is 13.9. The van der Waals surface area contributed by atoms with Crippen molar-refractivity contribution >= 4 is 68.0 Å². The fraction of sp³-hybridized carbons (Fsp3) is 0.125. The van der Waals surface area contributed by atoms with E-state index in [0.717, 1.165) is 22.8 Å². The molecule has 0 aliphatic carbocycles. The molecule has 88 heavy (non-hydrogen) atoms. The van der Waals surface area contributed by atoms with Crippen LogP contribution in [0.2, 0.25) is 0 Å². The second kappa shape index (κ2) is 22.2. The van der Waals surface area contributed by atoms with E-state index in [0.29, 0.717) is 112 Å². The Hall–Kier alpha value is -12.1. The van der Waals surface area contributed by atoms with Crippen LogP contribution >= 0.6 is 0 Å². The van der Waals surface area contributed by atoms with Gasteiger partial charge >= 0.3 is 23.9 Å². The van der Waals surface area contributed by atoms with Gasteiger partial charge in [-0.3, -0.25) is 0 Å². The molecule has 0 unspecified atom stereocenters. The van der Waals surface area contributed by atoms with Gasteiger partial charge in [-0.1, -0.05) is 0 Å². The van der Waals surface area contributed by atoms with Gasteiger partial charge in [0.1, 0.15) is 45.6 Å². The van der Waals surface area contributed by atoms with Crippen molar-refractivity contribution in [3.63, 3.8) is 0 Å². The molecule has 434 valence electrons. The SMILES string of the molecule is Cc1ccc(Oc2ccc3c(c2)-c2nc-3nc3[nH]c(nc4nc(nc5[nH]c(n2)c2ccc(Oc6ccc(C)[n+](CC(=O)O)c6)cc52)-c2ccc(Oc5ccc(C)[n+](CC(=O)O)c5)cc2-4)c2ccc(Oc4ccc(C)[n+](CC(=O)O)c4)cc32)c[n+]1CC(=O)O. The first-order valence-electron chi connectivity index (χ1n) is 27.4. The second-order valence-electron chi connectivity index (χ2n) is 21.0. The lowest BCUT2D eigenvalue weighted by Gasteiger charge is -2.07. The zero-order valence-electron chi connectivity index (χ0n) is 47.2. The highest BCUT2D eigenvalue weighted by Crippen LogP contribution is 2.41. The number of carboxylic acids is 4. The molecule has 0 atom stereocenters. The number of aliphatic carboxylic acids is 4. The van der Waals surface area contributed by atoms with E-state index in [1.165, 1.54) is 0 Å². The van der Waals surface area contributed by atoms with Crippen LogP contribution in [-0.4, -0.2) is 84.2 Å². The molecular formula is C64H50N12O12+4. The third-order valence-corrected chi connectivity index (χ3v) is 14.8. The zero-order chi connectivity index (χ0) is 61.1. The van der Waals surface area contributed by atoms with Crippen LogP contribution in [-0.2, 0) is 45.4 Å². The first-order valence-corrected chi connectivity index (χ1v) is 27.4. The van der Waals surface area contributed by atoms with E-state index in [4.69, 9.17) is 48.9 Å². The number of nitrogens with one attached hydrogen (secondary N) is 2. The van der Waals surface area contributed by atoms with Crippen molar-refractivity contribution in [1.29, 1.82) is 0 Å². The van der Waals surface area contributed by atoms with Crippen molar-refractivity contribution in [3.8, 4) is 91.5 Å². The molecular weight excluding hydrogens is 1130 g/mol. The summed E-state index contributed by atoms with van der Waals surface area (Å²) in [4.78, 5) is 85.0. The van der Waals surface area contributed by atoms with Crippen LogP contribution in [0.25, 0.3) is 89.7 Å². The highest BCUT2D eigenvalue weighted by molar-refractivity contribution is 6.07. The number of aryl methyl sites for hydroxylation is 4. The standard InChI is InChI=1S/C64H46N12O12/c1-33-5-9-41(25-73(33)29-53(77)78)85-37-13-17-45-49(21-37)61-65-57(45)70-62-51-23-39(87-43-11-7-35(3)75(27-43)31-55(81)82)15-19-47(51)59(67-62)72-64-52-24-40(88-44-12-8-36(4)76(28-44)32-56(83)84)16-20-48(52)60(68-64)71-63-50-22-38(14-18-46(50)58(66-63)69-61)86-42-10-6-34(2)74(26-42)30-54(79)80/h5-28H,29-32H2,1-4H3,(H2-4,65,66,67,68,69,70,71,72,77,78,79,80,81,82,83,84)/p+4. The molecule has 24 nitrogen and oxygen atoms in total. The highest BCUT2D eigenvalue weighted by atomic mass is 16.5. The normalized spacial score (nSPS) is 11.5. The average Bonchev–Trinajstić information content (AvgIpc) is 2.20. The van der Waals surface area contributed by atoms with E-state index >= 15 is 0 Å². The molecule has 8 bridgehead atoms. The van der Waals surface area contributed by atoms with Gasteiger partial charge in [-0.2, -0.15) is 18.3 Å². The molecule has 13 rings (SSSR count). The summed E-state index contributed by atoms with van der Waals surface area (Å²) < 4.78 is 31.9. The maximum Gasteiger partial charge on any atom is 0.370 e. The summed E-state index contributed by atoms with van der Waals surface area (Å²) in [5, 5.41) is 40.8. The molecule has 2 aliphatic heterocycles. The summed E-state index contributed by atoms with van der Waals surface area (Å²) in [6, 6.07) is 35.5. The minimum atomic E-state index is -1.01. The van der Waals surface area contributed by atoms with Gasteiger partial charge in [0.15, 0.2) is 69.1 Å². The Labute approximate surface area is 497 Å². The first-order chi connectivity index (χ1) is 42.4. The van der Waals surface area contributed by atoms with E-state index in [-0.39, 0.29) is 49.5 Å². The number of H-pyrrole nitrogens is 2. The summed E-state index contributed by atoms with van der Waals surface area (Å²) in [6.07, 6.45) is 6.47. The molecule has 24 heteroatoms. The molecule has 6 N–H and O–H groups in total. The van der Waals surface area contributed by atoms with Crippen LogP contribution in [0.15, 0.2) is 146 Å². The third-order valence-electron chi connectivity index (χ3n) is 14.8. The van der Waals surface area contributed by atoms with Crippen molar-refractivity contribution in [2.45, 2.75) is 53.9 Å². The quantitative estimate of drug-likeness (QED) is 0.0492. The van der Waals surface area contributed by atoms with Crippen LogP contribution in [0, 0.1) is 27.7 Å². The van der Waals surface area contributed by atoms with E-state index in [1.54, 1.807) is 168 Å². The molecule has 0 radical (unpaired) electrons. The van der Waals surface area contributed by atoms with Crippen LogP contribution in [0.5, 0.6) is 46.0 Å². The number of pyridine rings is 4. The van der Waals surface area contributed by atoms with Crippen molar-refractivity contribution in [2.75, 3.05) is 0 Å². The summed E-state index contributed by atoms with van der Waals surface area (Å²) >= 11 is 0. The number of benzene rings is 4. The molecule has 0 spiro atoms. The summed E-state index contributed by atoms with van der Waals surface area (Å²) in [5.41, 5.74) is 6.44. The maximum atomic E-state index is 11.8. The smallest absolute Gasteiger partial charge is 0.370 e. The van der Waals surface area contributed by atoms with E-state index in [2.05, 4.69) is 9.97 Å². The predicted molar refractivity (Wildman–Crippen MR) is 312 cm³/mol. The zero-order valence-corrected chi connectivity index (χ0v) is 47.2. The van der Waals surface area contributed by atoms with Crippen molar-refractivity contribution in [1.82, 2.24) is 39.9 Å². The largest absolute Gasteiger partial charge is 0.477 e. The molecule has 2 aliphatic rings. The van der Waals surface area contributed by atoms with Gasteiger partial charge < -0.3 is 49.3 Å². The van der Waals surface area contributed by atoms with Crippen LogP contribution in [0.4, 0.5) is 0 Å². The summed E-state index contributed by atoms with van der Waals surface area (Å²) in [7, 11) is 0. The average molecular weight is 1180 g/mol. The molecule has 7 aromatic heterocycles. The summed E-state index contributed by atoms with van der Waals surface area (Å²) in [5.74, 6) is 0.0517. The third kappa shape index (κ3) is 11.1. The first kappa shape index (κ1) is 55.1.